The fourth-order valence-electron chi connectivity index (χ4n) is 4.08. The number of alkyl halides is 3. The van der Waals surface area contributed by atoms with Crippen LogP contribution in [0.25, 0.3) is 0 Å². The lowest BCUT2D eigenvalue weighted by molar-refractivity contribution is -0.137. The van der Waals surface area contributed by atoms with Crippen LogP contribution in [0, 0.1) is 12.8 Å². The molecular formula is C24H21Cl2F3N4O2. The first-order valence-corrected chi connectivity index (χ1v) is 11.6. The molecule has 0 unspecified atom stereocenters. The number of nitrogens with zero attached hydrogens (tertiary/aromatic N) is 4. The van der Waals surface area contributed by atoms with E-state index in [9.17, 15) is 18.0 Å². The number of halogens is 5. The van der Waals surface area contributed by atoms with Gasteiger partial charge in [0.25, 0.3) is 5.91 Å². The second-order valence-corrected chi connectivity index (χ2v) is 9.10. The highest BCUT2D eigenvalue weighted by Crippen LogP contribution is 2.38. The molecule has 0 bridgehead atoms. The molecule has 3 aromatic rings. The maximum absolute atomic E-state index is 13.1. The van der Waals surface area contributed by atoms with Gasteiger partial charge in [0, 0.05) is 43.7 Å². The average molecular weight is 525 g/mol. The molecule has 0 spiro atoms. The van der Waals surface area contributed by atoms with Crippen molar-refractivity contribution in [2.45, 2.75) is 25.4 Å². The number of aromatic nitrogens is 3. The van der Waals surface area contributed by atoms with Crippen molar-refractivity contribution in [3.05, 3.63) is 81.5 Å². The van der Waals surface area contributed by atoms with E-state index in [1.807, 2.05) is 6.07 Å². The molecule has 0 aliphatic carbocycles. The van der Waals surface area contributed by atoms with Gasteiger partial charge < -0.3 is 9.64 Å². The van der Waals surface area contributed by atoms with Crippen LogP contribution >= 0.6 is 23.2 Å². The summed E-state index contributed by atoms with van der Waals surface area (Å²) in [5, 5.41) is 0.858. The second-order valence-electron chi connectivity index (χ2n) is 8.29. The molecule has 0 saturated carbocycles. The summed E-state index contributed by atoms with van der Waals surface area (Å²) in [5.74, 6) is 0.472. The summed E-state index contributed by atoms with van der Waals surface area (Å²) in [7, 11) is 0. The number of carbonyl (C=O) groups is 1. The second kappa shape index (κ2) is 10.4. The van der Waals surface area contributed by atoms with Crippen molar-refractivity contribution < 1.29 is 22.7 Å². The van der Waals surface area contributed by atoms with Crippen molar-refractivity contribution in [3.8, 4) is 5.88 Å². The molecule has 4 rings (SSSR count). The molecule has 0 N–H and O–H groups in total. The van der Waals surface area contributed by atoms with E-state index < -0.39 is 11.7 Å². The van der Waals surface area contributed by atoms with E-state index >= 15 is 0 Å². The Hall–Kier alpha value is -2.91. The summed E-state index contributed by atoms with van der Waals surface area (Å²) in [6.45, 7) is 2.87. The lowest BCUT2D eigenvalue weighted by Gasteiger charge is -2.19. The molecule has 35 heavy (non-hydrogen) atoms. The number of hydrogen-bond acceptors (Lipinski definition) is 5. The Morgan fingerprint density at radius 2 is 1.80 bits per heavy atom. The Bertz CT molecular complexity index is 1190. The van der Waals surface area contributed by atoms with Crippen LogP contribution in [0.4, 0.5) is 13.2 Å². The van der Waals surface area contributed by atoms with Gasteiger partial charge >= 0.3 is 6.18 Å². The minimum absolute atomic E-state index is 0.0111. The smallest absolute Gasteiger partial charge is 0.417 e. The van der Waals surface area contributed by atoms with Crippen molar-refractivity contribution >= 4 is 29.1 Å². The summed E-state index contributed by atoms with van der Waals surface area (Å²) in [4.78, 5) is 26.8. The lowest BCUT2D eigenvalue weighted by atomic mass is 9.87. The molecule has 1 saturated heterocycles. The molecule has 184 valence electrons. The van der Waals surface area contributed by atoms with Gasteiger partial charge in [-0.15, -0.1) is 0 Å². The van der Waals surface area contributed by atoms with Crippen LogP contribution in [-0.2, 0) is 6.18 Å². The highest BCUT2D eigenvalue weighted by atomic mass is 35.5. The first-order chi connectivity index (χ1) is 16.6. The molecule has 2 aromatic heterocycles. The molecule has 1 aliphatic rings. The van der Waals surface area contributed by atoms with Gasteiger partial charge in [-0.3, -0.25) is 4.79 Å². The van der Waals surface area contributed by atoms with E-state index in [0.29, 0.717) is 40.9 Å². The normalized spacial score (nSPS) is 18.1. The summed E-state index contributed by atoms with van der Waals surface area (Å²) in [6.07, 6.45) is -0.159. The van der Waals surface area contributed by atoms with E-state index in [4.69, 9.17) is 27.9 Å². The highest BCUT2D eigenvalue weighted by molar-refractivity contribution is 6.42. The Labute approximate surface area is 210 Å². The molecule has 0 radical (unpaired) electrons. The van der Waals surface area contributed by atoms with Crippen LogP contribution in [0.1, 0.15) is 39.6 Å². The van der Waals surface area contributed by atoms with Crippen molar-refractivity contribution in [2.75, 3.05) is 19.7 Å². The number of likely N-dealkylation sites (tertiary alicyclic amines) is 1. The van der Waals surface area contributed by atoms with Gasteiger partial charge in [0.15, 0.2) is 0 Å². The number of carbonyl (C=O) groups excluding carboxylic acids is 1. The topological polar surface area (TPSA) is 68.2 Å². The van der Waals surface area contributed by atoms with Gasteiger partial charge in [-0.25, -0.2) is 15.0 Å². The summed E-state index contributed by atoms with van der Waals surface area (Å²) in [6, 6.07) is 7.52. The summed E-state index contributed by atoms with van der Waals surface area (Å²) in [5.41, 5.74) is 0.497. The quantitative estimate of drug-likeness (QED) is 0.405. The van der Waals surface area contributed by atoms with Crippen LogP contribution < -0.4 is 4.74 Å². The Morgan fingerprint density at radius 3 is 2.43 bits per heavy atom. The average Bonchev–Trinajstić information content (AvgIpc) is 3.25. The molecule has 1 fully saturated rings. The summed E-state index contributed by atoms with van der Waals surface area (Å²) >= 11 is 12.3. The highest BCUT2D eigenvalue weighted by Gasteiger charge is 2.37. The maximum Gasteiger partial charge on any atom is 0.417 e. The molecule has 1 amide bonds. The van der Waals surface area contributed by atoms with Crippen LogP contribution in [0.5, 0.6) is 5.88 Å². The molecule has 1 aromatic carbocycles. The standard InChI is InChI=1S/C24H21Cl2F3N4O2/c1-14-30-9-17(10-31-14)23(34)33-12-16(19(13-33)15-2-4-20(25)21(26)8-15)6-7-35-22-5-3-18(11-32-22)24(27,28)29/h2-5,8-11,16,19H,6-7,12-13H2,1H3/t16-,19-/m1/s1. The van der Waals surface area contributed by atoms with Crippen molar-refractivity contribution in [1.29, 1.82) is 0 Å². The lowest BCUT2D eigenvalue weighted by Crippen LogP contribution is -2.29. The van der Waals surface area contributed by atoms with Gasteiger partial charge in [0.05, 0.1) is 27.8 Å². The predicted octanol–water partition coefficient (Wildman–Crippen LogP) is 5.83. The number of hydrogen-bond donors (Lipinski definition) is 0. The third kappa shape index (κ3) is 6.02. The zero-order valence-corrected chi connectivity index (χ0v) is 20.1. The van der Waals surface area contributed by atoms with E-state index in [1.165, 1.54) is 18.5 Å². The Kier molecular flexibility index (Phi) is 7.47. The van der Waals surface area contributed by atoms with E-state index in [1.54, 1.807) is 24.0 Å². The summed E-state index contributed by atoms with van der Waals surface area (Å²) < 4.78 is 43.8. The molecule has 2 atom stereocenters. The third-order valence-electron chi connectivity index (χ3n) is 5.93. The van der Waals surface area contributed by atoms with Crippen molar-refractivity contribution in [2.24, 2.45) is 5.92 Å². The first-order valence-electron chi connectivity index (χ1n) is 10.8. The van der Waals surface area contributed by atoms with Gasteiger partial charge in [0.1, 0.15) is 5.82 Å². The molecule has 11 heteroatoms. The fourth-order valence-corrected chi connectivity index (χ4v) is 4.39. The molecule has 3 heterocycles. The number of pyridine rings is 1. The number of rotatable bonds is 6. The van der Waals surface area contributed by atoms with Crippen molar-refractivity contribution in [1.82, 2.24) is 19.9 Å². The monoisotopic (exact) mass is 524 g/mol. The van der Waals surface area contributed by atoms with Crippen LogP contribution in [0.3, 0.4) is 0 Å². The maximum atomic E-state index is 13.1. The molecule has 1 aliphatic heterocycles. The number of ether oxygens (including phenoxy) is 1. The molecule has 6 nitrogen and oxygen atoms in total. The minimum Gasteiger partial charge on any atom is -0.478 e. The van der Waals surface area contributed by atoms with Gasteiger partial charge in [-0.2, -0.15) is 13.2 Å². The van der Waals surface area contributed by atoms with Gasteiger partial charge in [-0.05, 0) is 43.0 Å². The fraction of sp³-hybridized carbons (Fsp3) is 0.333. The number of amides is 1. The SMILES string of the molecule is Cc1ncc(C(=O)N2C[C@@H](CCOc3ccc(C(F)(F)F)cn3)[C@@H](c3ccc(Cl)c(Cl)c3)C2)cn1. The number of aryl methyl sites for hydroxylation is 1. The van der Waals surface area contributed by atoms with E-state index in [0.717, 1.165) is 17.8 Å². The van der Waals surface area contributed by atoms with Crippen molar-refractivity contribution in [3.63, 3.8) is 0 Å². The Morgan fingerprint density at radius 1 is 1.06 bits per heavy atom. The van der Waals surface area contributed by atoms with Crippen LogP contribution in [0.15, 0.2) is 48.9 Å². The van der Waals surface area contributed by atoms with Gasteiger partial charge in [0.2, 0.25) is 5.88 Å². The third-order valence-corrected chi connectivity index (χ3v) is 6.67. The molecular weight excluding hydrogens is 504 g/mol. The zero-order valence-electron chi connectivity index (χ0n) is 18.6. The largest absolute Gasteiger partial charge is 0.478 e. The Balaban J connectivity index is 1.47. The zero-order chi connectivity index (χ0) is 25.2. The minimum atomic E-state index is -4.46. The van der Waals surface area contributed by atoms with E-state index in [-0.39, 0.29) is 30.2 Å². The van der Waals surface area contributed by atoms with E-state index in [2.05, 4.69) is 15.0 Å². The number of benzene rings is 1. The first kappa shape index (κ1) is 25.2. The van der Waals surface area contributed by atoms with Gasteiger partial charge in [-0.1, -0.05) is 29.3 Å². The van der Waals surface area contributed by atoms with Crippen LogP contribution in [0.2, 0.25) is 10.0 Å². The predicted molar refractivity (Wildman–Crippen MR) is 125 cm³/mol. The van der Waals surface area contributed by atoms with Crippen LogP contribution in [-0.4, -0.2) is 45.5 Å².